The average molecular weight is 464 g/mol. The van der Waals surface area contributed by atoms with Crippen molar-refractivity contribution in [1.82, 2.24) is 14.7 Å². The molecule has 1 N–H and O–H groups in total. The van der Waals surface area contributed by atoms with Crippen LogP contribution in [0.4, 0.5) is 8.78 Å². The minimum Gasteiger partial charge on any atom is -0.485 e. The predicted molar refractivity (Wildman–Crippen MR) is 127 cm³/mol. The molecule has 2 aromatic carbocycles. The summed E-state index contributed by atoms with van der Waals surface area (Å²) in [6, 6.07) is 15.2. The number of benzene rings is 2. The van der Waals surface area contributed by atoms with Gasteiger partial charge in [0.25, 0.3) is 5.91 Å². The van der Waals surface area contributed by atoms with Gasteiger partial charge in [0.05, 0.1) is 11.3 Å². The van der Waals surface area contributed by atoms with Crippen LogP contribution in [0.15, 0.2) is 60.8 Å². The molecule has 0 fully saturated rings. The van der Waals surface area contributed by atoms with Gasteiger partial charge in [-0.2, -0.15) is 0 Å². The lowest BCUT2D eigenvalue weighted by Gasteiger charge is -2.19. The van der Waals surface area contributed by atoms with Gasteiger partial charge in [0.1, 0.15) is 23.9 Å². The number of pyridine rings is 1. The van der Waals surface area contributed by atoms with E-state index in [2.05, 4.69) is 43.2 Å². The number of ether oxygens (including phenoxy) is 1. The van der Waals surface area contributed by atoms with E-state index < -0.39 is 11.6 Å². The molecule has 0 spiro atoms. The first-order valence-electron chi connectivity index (χ1n) is 11.1. The highest BCUT2D eigenvalue weighted by molar-refractivity contribution is 5.94. The molecule has 4 aromatic rings. The Hall–Kier alpha value is -3.74. The Kier molecular flexibility index (Phi) is 6.37. The van der Waals surface area contributed by atoms with E-state index >= 15 is 0 Å². The summed E-state index contributed by atoms with van der Waals surface area (Å²) in [6.45, 7) is 8.25. The number of aryl methyl sites for hydroxylation is 1. The van der Waals surface area contributed by atoms with Crippen molar-refractivity contribution in [3.63, 3.8) is 0 Å². The van der Waals surface area contributed by atoms with Crippen LogP contribution in [0, 0.1) is 18.6 Å². The van der Waals surface area contributed by atoms with Gasteiger partial charge in [-0.25, -0.2) is 13.8 Å². The molecule has 0 aliphatic carbocycles. The number of nitrogens with one attached hydrogen (secondary N) is 1. The van der Waals surface area contributed by atoms with Crippen molar-refractivity contribution in [2.24, 2.45) is 0 Å². The fraction of sp³-hybridized carbons (Fsp3) is 0.259. The van der Waals surface area contributed by atoms with Crippen molar-refractivity contribution in [2.45, 2.75) is 46.3 Å². The summed E-state index contributed by atoms with van der Waals surface area (Å²) >= 11 is 0. The van der Waals surface area contributed by atoms with Crippen LogP contribution in [0.3, 0.4) is 0 Å². The maximum Gasteiger partial charge on any atom is 0.270 e. The monoisotopic (exact) mass is 463 g/mol. The van der Waals surface area contributed by atoms with Crippen LogP contribution in [0.25, 0.3) is 5.65 Å². The summed E-state index contributed by atoms with van der Waals surface area (Å²) in [5.41, 5.74) is 3.35. The van der Waals surface area contributed by atoms with Crippen LogP contribution < -0.4 is 10.1 Å². The lowest BCUT2D eigenvalue weighted by Crippen LogP contribution is -2.25. The smallest absolute Gasteiger partial charge is 0.270 e. The number of hydrogen-bond acceptors (Lipinski definition) is 3. The van der Waals surface area contributed by atoms with E-state index in [1.165, 1.54) is 23.8 Å². The second-order valence-electron chi connectivity index (χ2n) is 9.23. The Morgan fingerprint density at radius 2 is 1.76 bits per heavy atom. The molecule has 2 aromatic heterocycles. The van der Waals surface area contributed by atoms with E-state index in [9.17, 15) is 13.6 Å². The maximum atomic E-state index is 14.0. The predicted octanol–water partition coefficient (Wildman–Crippen LogP) is 5.73. The molecule has 2 heterocycles. The molecule has 0 bridgehead atoms. The molecule has 0 saturated heterocycles. The summed E-state index contributed by atoms with van der Waals surface area (Å²) in [4.78, 5) is 17.5. The molecule has 4 rings (SSSR count). The number of halogens is 2. The lowest BCUT2D eigenvalue weighted by molar-refractivity contribution is 0.0944. The molecule has 0 radical (unpaired) electrons. The highest BCUT2D eigenvalue weighted by Gasteiger charge is 2.20. The number of carbonyl (C=O) groups excluding carboxylic acids is 1. The third-order valence-electron chi connectivity index (χ3n) is 5.68. The van der Waals surface area contributed by atoms with E-state index in [0.717, 1.165) is 5.56 Å². The molecule has 7 heteroatoms. The molecule has 0 aliphatic heterocycles. The molecule has 34 heavy (non-hydrogen) atoms. The van der Waals surface area contributed by atoms with E-state index in [1.807, 2.05) is 12.1 Å². The van der Waals surface area contributed by atoms with E-state index in [0.29, 0.717) is 29.3 Å². The van der Waals surface area contributed by atoms with Crippen LogP contribution in [-0.2, 0) is 18.6 Å². The van der Waals surface area contributed by atoms with Crippen molar-refractivity contribution in [1.29, 1.82) is 0 Å². The van der Waals surface area contributed by atoms with Crippen molar-refractivity contribution in [2.75, 3.05) is 0 Å². The molecule has 176 valence electrons. The van der Waals surface area contributed by atoms with Gasteiger partial charge in [-0.1, -0.05) is 51.1 Å². The summed E-state index contributed by atoms with van der Waals surface area (Å²) < 4.78 is 35.2. The van der Waals surface area contributed by atoms with Gasteiger partial charge < -0.3 is 10.1 Å². The van der Waals surface area contributed by atoms with Gasteiger partial charge in [0, 0.05) is 12.7 Å². The number of imidazole rings is 1. The zero-order valence-corrected chi connectivity index (χ0v) is 19.7. The molecule has 5 nitrogen and oxygen atoms in total. The normalized spacial score (nSPS) is 11.6. The second kappa shape index (κ2) is 9.25. The summed E-state index contributed by atoms with van der Waals surface area (Å²) in [7, 11) is 0. The van der Waals surface area contributed by atoms with Gasteiger partial charge in [0.15, 0.2) is 11.4 Å². The zero-order chi connectivity index (χ0) is 24.5. The zero-order valence-electron chi connectivity index (χ0n) is 19.7. The maximum absolute atomic E-state index is 14.0. The Morgan fingerprint density at radius 1 is 1.06 bits per heavy atom. The van der Waals surface area contributed by atoms with Gasteiger partial charge in [-0.05, 0) is 47.7 Å². The van der Waals surface area contributed by atoms with Gasteiger partial charge in [-0.15, -0.1) is 0 Å². The molecule has 0 unspecified atom stereocenters. The topological polar surface area (TPSA) is 55.6 Å². The number of fused-ring (bicyclic) bond motifs is 1. The SMILES string of the molecule is Cc1nc2c(OCc3c(F)cccc3F)cccn2c1C(=O)NCc1cccc(C(C)(C)C)c1. The van der Waals surface area contributed by atoms with E-state index in [1.54, 1.807) is 29.7 Å². The number of nitrogens with zero attached hydrogens (tertiary/aromatic N) is 2. The van der Waals surface area contributed by atoms with Crippen molar-refractivity contribution in [3.8, 4) is 5.75 Å². The van der Waals surface area contributed by atoms with Crippen LogP contribution in [-0.4, -0.2) is 15.3 Å². The third-order valence-corrected chi connectivity index (χ3v) is 5.68. The standard InChI is InChI=1S/C27H27F2N3O2/c1-17-24(26(33)30-15-18-8-5-9-19(14-18)27(2,3)4)32-13-7-12-23(25(32)31-17)34-16-20-21(28)10-6-11-22(20)29/h5-14H,15-16H2,1-4H3,(H,30,33). The first-order valence-corrected chi connectivity index (χ1v) is 11.1. The van der Waals surface area contributed by atoms with E-state index in [4.69, 9.17) is 4.74 Å². The Balaban J connectivity index is 1.55. The fourth-order valence-corrected chi connectivity index (χ4v) is 3.78. The molecular formula is C27H27F2N3O2. The van der Waals surface area contributed by atoms with Crippen LogP contribution >= 0.6 is 0 Å². The lowest BCUT2D eigenvalue weighted by atomic mass is 9.86. The van der Waals surface area contributed by atoms with Crippen LogP contribution in [0.2, 0.25) is 0 Å². The Labute approximate surface area is 197 Å². The quantitative estimate of drug-likeness (QED) is 0.398. The first-order chi connectivity index (χ1) is 16.1. The molecule has 0 aliphatic rings. The summed E-state index contributed by atoms with van der Waals surface area (Å²) in [5, 5.41) is 2.97. The summed E-state index contributed by atoms with van der Waals surface area (Å²) in [5.74, 6) is -1.31. The third kappa shape index (κ3) is 4.78. The Bertz CT molecular complexity index is 1340. The number of hydrogen-bond donors (Lipinski definition) is 1. The highest BCUT2D eigenvalue weighted by Crippen LogP contribution is 2.25. The van der Waals surface area contributed by atoms with Crippen molar-refractivity contribution >= 4 is 11.6 Å². The van der Waals surface area contributed by atoms with Crippen molar-refractivity contribution in [3.05, 3.63) is 101 Å². The number of amides is 1. The molecule has 0 saturated carbocycles. The Morgan fingerprint density at radius 3 is 2.47 bits per heavy atom. The van der Waals surface area contributed by atoms with Crippen LogP contribution in [0.1, 0.15) is 53.6 Å². The molecule has 0 atom stereocenters. The minimum atomic E-state index is -0.679. The second-order valence-corrected chi connectivity index (χ2v) is 9.23. The number of aromatic nitrogens is 2. The minimum absolute atomic E-state index is 0.0141. The van der Waals surface area contributed by atoms with Crippen molar-refractivity contribution < 1.29 is 18.3 Å². The largest absolute Gasteiger partial charge is 0.485 e. The average Bonchev–Trinajstić information content (AvgIpc) is 3.13. The first kappa shape index (κ1) is 23.4. The number of rotatable bonds is 6. The van der Waals surface area contributed by atoms with E-state index in [-0.39, 0.29) is 23.5 Å². The highest BCUT2D eigenvalue weighted by atomic mass is 19.1. The summed E-state index contributed by atoms with van der Waals surface area (Å²) in [6.07, 6.45) is 1.71. The van der Waals surface area contributed by atoms with Crippen LogP contribution in [0.5, 0.6) is 5.75 Å². The van der Waals surface area contributed by atoms with Gasteiger partial charge in [0.2, 0.25) is 0 Å². The molecular weight excluding hydrogens is 436 g/mol. The number of carbonyl (C=O) groups is 1. The molecule has 1 amide bonds. The fourth-order valence-electron chi connectivity index (χ4n) is 3.78. The van der Waals surface area contributed by atoms with Gasteiger partial charge in [-0.3, -0.25) is 9.20 Å². The van der Waals surface area contributed by atoms with Gasteiger partial charge >= 0.3 is 0 Å².